The van der Waals surface area contributed by atoms with Crippen molar-refractivity contribution in [2.75, 3.05) is 34.3 Å². The Hall–Kier alpha value is -1.60. The van der Waals surface area contributed by atoms with Crippen molar-refractivity contribution in [3.05, 3.63) is 23.8 Å². The lowest BCUT2D eigenvalue weighted by Crippen LogP contribution is -2.33. The first kappa shape index (κ1) is 16.8. The number of likely N-dealkylation sites (tertiary alicyclic amines) is 1. The molecule has 1 aromatic rings. The number of carbonyl (C=O) groups excluding carboxylic acids is 1. The first-order chi connectivity index (χ1) is 10.3. The van der Waals surface area contributed by atoms with Crippen molar-refractivity contribution in [3.8, 4) is 5.75 Å². The van der Waals surface area contributed by atoms with Crippen LogP contribution in [0.4, 0.5) is 0 Å². The number of hydrogen-bond donors (Lipinski definition) is 0. The first-order valence-electron chi connectivity index (χ1n) is 7.10. The van der Waals surface area contributed by atoms with Crippen LogP contribution in [0, 0.1) is 12.8 Å². The van der Waals surface area contributed by atoms with E-state index in [1.165, 1.54) is 18.5 Å². The van der Waals surface area contributed by atoms with Crippen LogP contribution in [0.15, 0.2) is 23.1 Å². The van der Waals surface area contributed by atoms with E-state index in [-0.39, 0.29) is 16.7 Å². The van der Waals surface area contributed by atoms with Crippen LogP contribution in [0.5, 0.6) is 5.75 Å². The van der Waals surface area contributed by atoms with Crippen molar-refractivity contribution < 1.29 is 17.9 Å². The minimum Gasteiger partial charge on any atom is -0.495 e. The summed E-state index contributed by atoms with van der Waals surface area (Å²) < 4.78 is 31.9. The second-order valence-electron chi connectivity index (χ2n) is 5.78. The van der Waals surface area contributed by atoms with Crippen molar-refractivity contribution in [2.24, 2.45) is 5.92 Å². The molecule has 0 aromatic heterocycles. The monoisotopic (exact) mass is 326 g/mol. The SMILES string of the molecule is COc1cc(C)ccc1S(=O)(=O)N(C)CC1CC(=O)N(C)C1. The molecule has 22 heavy (non-hydrogen) atoms. The van der Waals surface area contributed by atoms with Gasteiger partial charge in [0.1, 0.15) is 10.6 Å². The second kappa shape index (κ2) is 6.26. The molecule has 0 aliphatic carbocycles. The Balaban J connectivity index is 2.21. The van der Waals surface area contributed by atoms with Crippen molar-refractivity contribution in [1.29, 1.82) is 0 Å². The van der Waals surface area contributed by atoms with Crippen LogP contribution < -0.4 is 4.74 Å². The third kappa shape index (κ3) is 3.25. The zero-order chi connectivity index (χ0) is 16.5. The van der Waals surface area contributed by atoms with Gasteiger partial charge in [0, 0.05) is 33.6 Å². The molecule has 0 bridgehead atoms. The van der Waals surface area contributed by atoms with Gasteiger partial charge in [-0.2, -0.15) is 0 Å². The molecule has 0 spiro atoms. The van der Waals surface area contributed by atoms with Crippen molar-refractivity contribution in [3.63, 3.8) is 0 Å². The number of amides is 1. The molecule has 1 atom stereocenters. The molecule has 6 nitrogen and oxygen atoms in total. The summed E-state index contributed by atoms with van der Waals surface area (Å²) in [4.78, 5) is 13.4. The van der Waals surface area contributed by atoms with E-state index in [1.807, 2.05) is 6.92 Å². The van der Waals surface area contributed by atoms with Crippen LogP contribution >= 0.6 is 0 Å². The number of ether oxygens (including phenoxy) is 1. The number of hydrogen-bond acceptors (Lipinski definition) is 4. The van der Waals surface area contributed by atoms with Crippen molar-refractivity contribution in [2.45, 2.75) is 18.2 Å². The maximum atomic E-state index is 12.7. The molecule has 1 aliphatic rings. The van der Waals surface area contributed by atoms with Crippen molar-refractivity contribution in [1.82, 2.24) is 9.21 Å². The molecule has 122 valence electrons. The van der Waals surface area contributed by atoms with Crippen LogP contribution in [0.2, 0.25) is 0 Å². The van der Waals surface area contributed by atoms with Gasteiger partial charge in [0.25, 0.3) is 0 Å². The average molecular weight is 326 g/mol. The largest absolute Gasteiger partial charge is 0.495 e. The van der Waals surface area contributed by atoms with Crippen LogP contribution in [-0.2, 0) is 14.8 Å². The van der Waals surface area contributed by atoms with Gasteiger partial charge in [-0.05, 0) is 30.5 Å². The maximum Gasteiger partial charge on any atom is 0.246 e. The van der Waals surface area contributed by atoms with Gasteiger partial charge in [0.05, 0.1) is 7.11 Å². The number of benzene rings is 1. The third-order valence-corrected chi connectivity index (χ3v) is 5.81. The molecule has 0 saturated carbocycles. The first-order valence-corrected chi connectivity index (χ1v) is 8.54. The predicted molar refractivity (Wildman–Crippen MR) is 83.3 cm³/mol. The highest BCUT2D eigenvalue weighted by Gasteiger charge is 2.32. The second-order valence-corrected chi connectivity index (χ2v) is 7.80. The molecule has 1 aromatic carbocycles. The quantitative estimate of drug-likeness (QED) is 0.813. The number of nitrogens with zero attached hydrogens (tertiary/aromatic N) is 2. The summed E-state index contributed by atoms with van der Waals surface area (Å²) in [6, 6.07) is 5.01. The highest BCUT2D eigenvalue weighted by Crippen LogP contribution is 2.28. The summed E-state index contributed by atoms with van der Waals surface area (Å²) in [5.41, 5.74) is 0.932. The van der Waals surface area contributed by atoms with Crippen molar-refractivity contribution >= 4 is 15.9 Å². The van der Waals surface area contributed by atoms with E-state index in [2.05, 4.69) is 0 Å². The lowest BCUT2D eigenvalue weighted by atomic mass is 10.1. The average Bonchev–Trinajstić information content (AvgIpc) is 2.76. The lowest BCUT2D eigenvalue weighted by molar-refractivity contribution is -0.126. The summed E-state index contributed by atoms with van der Waals surface area (Å²) in [5, 5.41) is 0. The van der Waals surface area contributed by atoms with Gasteiger partial charge < -0.3 is 9.64 Å². The molecule has 0 N–H and O–H groups in total. The van der Waals surface area contributed by atoms with Gasteiger partial charge in [-0.1, -0.05) is 6.07 Å². The molecule has 1 fully saturated rings. The summed E-state index contributed by atoms with van der Waals surface area (Å²) in [6.07, 6.45) is 0.390. The number of carbonyl (C=O) groups is 1. The van der Waals surface area contributed by atoms with Crippen LogP contribution in [0.1, 0.15) is 12.0 Å². The molecule has 7 heteroatoms. The summed E-state index contributed by atoms with van der Waals surface area (Å²) in [6.45, 7) is 2.78. The van der Waals surface area contributed by atoms with E-state index in [0.717, 1.165) is 5.56 Å². The maximum absolute atomic E-state index is 12.7. The van der Waals surface area contributed by atoms with Gasteiger partial charge >= 0.3 is 0 Å². The topological polar surface area (TPSA) is 66.9 Å². The number of aryl methyl sites for hydroxylation is 1. The Morgan fingerprint density at radius 2 is 2.09 bits per heavy atom. The van der Waals surface area contributed by atoms with E-state index in [1.54, 1.807) is 30.1 Å². The molecule has 1 aliphatic heterocycles. The van der Waals surface area contributed by atoms with E-state index in [9.17, 15) is 13.2 Å². The molecule has 1 amide bonds. The Labute approximate surface area is 131 Å². The van der Waals surface area contributed by atoms with Crippen LogP contribution in [0.3, 0.4) is 0 Å². The fraction of sp³-hybridized carbons (Fsp3) is 0.533. The van der Waals surface area contributed by atoms with Gasteiger partial charge in [-0.3, -0.25) is 4.79 Å². The Morgan fingerprint density at radius 1 is 1.41 bits per heavy atom. The Morgan fingerprint density at radius 3 is 2.64 bits per heavy atom. The van der Waals surface area contributed by atoms with E-state index >= 15 is 0 Å². The molecule has 2 rings (SSSR count). The molecular weight excluding hydrogens is 304 g/mol. The predicted octanol–water partition coefficient (Wildman–Crippen LogP) is 1.10. The molecule has 1 heterocycles. The van der Waals surface area contributed by atoms with Crippen LogP contribution in [-0.4, -0.2) is 57.8 Å². The zero-order valence-corrected chi connectivity index (χ0v) is 14.2. The number of rotatable bonds is 5. The normalized spacial score (nSPS) is 19.0. The molecule has 1 saturated heterocycles. The van der Waals surface area contributed by atoms with Crippen LogP contribution in [0.25, 0.3) is 0 Å². The zero-order valence-electron chi connectivity index (χ0n) is 13.4. The summed E-state index contributed by atoms with van der Waals surface area (Å²) in [5.74, 6) is 0.420. The minimum absolute atomic E-state index is 0.0220. The number of sulfonamides is 1. The lowest BCUT2D eigenvalue weighted by Gasteiger charge is -2.21. The molecular formula is C15H22N2O4S. The van der Waals surface area contributed by atoms with Gasteiger partial charge in [0.15, 0.2) is 0 Å². The summed E-state index contributed by atoms with van der Waals surface area (Å²) in [7, 11) is 1.09. The van der Waals surface area contributed by atoms with Gasteiger partial charge in [0.2, 0.25) is 15.9 Å². The van der Waals surface area contributed by atoms with E-state index in [4.69, 9.17) is 4.74 Å². The Bertz CT molecular complexity index is 672. The van der Waals surface area contributed by atoms with E-state index in [0.29, 0.717) is 25.3 Å². The molecule has 0 radical (unpaired) electrons. The van der Waals surface area contributed by atoms with Gasteiger partial charge in [-0.15, -0.1) is 0 Å². The minimum atomic E-state index is -3.64. The highest BCUT2D eigenvalue weighted by molar-refractivity contribution is 7.89. The Kier molecular flexibility index (Phi) is 4.77. The smallest absolute Gasteiger partial charge is 0.246 e. The third-order valence-electron chi connectivity index (χ3n) is 3.94. The molecule has 1 unspecified atom stereocenters. The van der Waals surface area contributed by atoms with Gasteiger partial charge in [-0.25, -0.2) is 12.7 Å². The standard InChI is InChI=1S/C15H22N2O4S/c1-11-5-6-14(13(7-11)21-4)22(19,20)17(3)10-12-8-15(18)16(2)9-12/h5-7,12H,8-10H2,1-4H3. The fourth-order valence-corrected chi connectivity index (χ4v) is 4.08. The number of methoxy groups -OCH3 is 1. The summed E-state index contributed by atoms with van der Waals surface area (Å²) >= 11 is 0. The highest BCUT2D eigenvalue weighted by atomic mass is 32.2. The fourth-order valence-electron chi connectivity index (χ4n) is 2.70. The van der Waals surface area contributed by atoms with E-state index < -0.39 is 10.0 Å².